The highest BCUT2D eigenvalue weighted by Crippen LogP contribution is 2.46. The molecule has 22 heavy (non-hydrogen) atoms. The van der Waals surface area contributed by atoms with E-state index in [1.54, 1.807) is 4.90 Å². The van der Waals surface area contributed by atoms with Crippen LogP contribution in [0.2, 0.25) is 0 Å². The summed E-state index contributed by atoms with van der Waals surface area (Å²) in [6.45, 7) is 0. The molecule has 0 spiro atoms. The van der Waals surface area contributed by atoms with E-state index >= 15 is 0 Å². The van der Waals surface area contributed by atoms with Gasteiger partial charge in [-0.1, -0.05) is 24.6 Å². The molecule has 0 aromatic heterocycles. The molecule has 2 N–H and O–H groups in total. The summed E-state index contributed by atoms with van der Waals surface area (Å²) in [5, 5.41) is 12.4. The fraction of sp³-hybridized carbons (Fsp3) is 0.529. The third-order valence-corrected chi connectivity index (χ3v) is 4.96. The van der Waals surface area contributed by atoms with Crippen LogP contribution < -0.4 is 5.32 Å². The van der Waals surface area contributed by atoms with Crippen LogP contribution in [0.25, 0.3) is 0 Å². The van der Waals surface area contributed by atoms with Crippen LogP contribution in [0, 0.1) is 5.92 Å². The summed E-state index contributed by atoms with van der Waals surface area (Å²) in [4.78, 5) is 24.9. The highest BCUT2D eigenvalue weighted by atomic mass is 16.4. The van der Waals surface area contributed by atoms with Crippen molar-refractivity contribution in [1.82, 2.24) is 4.90 Å². The van der Waals surface area contributed by atoms with E-state index in [4.69, 9.17) is 5.11 Å². The molecule has 1 fully saturated rings. The van der Waals surface area contributed by atoms with Crippen molar-refractivity contribution in [3.63, 3.8) is 0 Å². The number of aliphatic carboxylic acids is 1. The molecule has 3 atom stereocenters. The van der Waals surface area contributed by atoms with Crippen LogP contribution in [-0.2, 0) is 9.59 Å². The van der Waals surface area contributed by atoms with Gasteiger partial charge in [0.1, 0.15) is 0 Å². The lowest BCUT2D eigenvalue weighted by Gasteiger charge is -2.42. The fourth-order valence-corrected chi connectivity index (χ4v) is 3.90. The van der Waals surface area contributed by atoms with Crippen LogP contribution in [0.15, 0.2) is 24.3 Å². The Bertz CT molecular complexity index is 587. The molecule has 1 aliphatic heterocycles. The molecule has 0 radical (unpaired) electrons. The first-order valence-electron chi connectivity index (χ1n) is 7.91. The average molecular weight is 302 g/mol. The summed E-state index contributed by atoms with van der Waals surface area (Å²) in [6.07, 6.45) is 3.36. The Balaban J connectivity index is 1.86. The summed E-state index contributed by atoms with van der Waals surface area (Å²) in [5.74, 6) is -0.602. The van der Waals surface area contributed by atoms with Gasteiger partial charge in [-0.3, -0.25) is 9.59 Å². The Morgan fingerprint density at radius 3 is 2.82 bits per heavy atom. The zero-order valence-corrected chi connectivity index (χ0v) is 12.8. The number of benzene rings is 1. The standard InChI is InChI=1S/C17H22N2O3/c1-19(15(20)9-10-16(21)22)17-11-5-2-3-7-13(11)18-14-8-4-6-12(14)17/h2-3,5,7,12,14,17-18H,4,6,8-10H2,1H3,(H,21,22)/t12-,14+,17?/m0/s1. The van der Waals surface area contributed by atoms with Crippen molar-refractivity contribution in [2.75, 3.05) is 12.4 Å². The van der Waals surface area contributed by atoms with Crippen molar-refractivity contribution in [3.8, 4) is 0 Å². The second kappa shape index (κ2) is 5.99. The second-order valence-electron chi connectivity index (χ2n) is 6.28. The van der Waals surface area contributed by atoms with E-state index in [1.807, 2.05) is 19.2 Å². The molecule has 0 saturated heterocycles. The van der Waals surface area contributed by atoms with Crippen molar-refractivity contribution in [2.24, 2.45) is 5.92 Å². The minimum atomic E-state index is -0.925. The third-order valence-electron chi connectivity index (χ3n) is 4.96. The highest BCUT2D eigenvalue weighted by Gasteiger charge is 2.42. The largest absolute Gasteiger partial charge is 0.481 e. The van der Waals surface area contributed by atoms with Gasteiger partial charge in [-0.2, -0.15) is 0 Å². The number of nitrogens with zero attached hydrogens (tertiary/aromatic N) is 1. The minimum absolute atomic E-state index is 0.0474. The van der Waals surface area contributed by atoms with Crippen molar-refractivity contribution < 1.29 is 14.7 Å². The number of para-hydroxylation sites is 1. The number of carboxylic acid groups (broad SMARTS) is 1. The van der Waals surface area contributed by atoms with Gasteiger partial charge in [0.25, 0.3) is 0 Å². The number of carbonyl (C=O) groups is 2. The van der Waals surface area contributed by atoms with Gasteiger partial charge >= 0.3 is 5.97 Å². The first-order valence-corrected chi connectivity index (χ1v) is 7.91. The van der Waals surface area contributed by atoms with Gasteiger partial charge in [0.2, 0.25) is 5.91 Å². The van der Waals surface area contributed by atoms with Crippen molar-refractivity contribution in [2.45, 2.75) is 44.2 Å². The van der Waals surface area contributed by atoms with Gasteiger partial charge in [-0.25, -0.2) is 0 Å². The molecule has 118 valence electrons. The summed E-state index contributed by atoms with van der Waals surface area (Å²) < 4.78 is 0. The molecular formula is C17H22N2O3. The zero-order chi connectivity index (χ0) is 15.7. The van der Waals surface area contributed by atoms with Gasteiger partial charge in [-0.05, 0) is 24.5 Å². The zero-order valence-electron chi connectivity index (χ0n) is 12.8. The molecule has 1 saturated carbocycles. The number of amides is 1. The van der Waals surface area contributed by atoms with Crippen molar-refractivity contribution in [3.05, 3.63) is 29.8 Å². The van der Waals surface area contributed by atoms with E-state index in [0.29, 0.717) is 12.0 Å². The van der Waals surface area contributed by atoms with E-state index in [1.165, 1.54) is 6.42 Å². The summed E-state index contributed by atoms with van der Waals surface area (Å²) in [7, 11) is 1.81. The molecule has 1 heterocycles. The Morgan fingerprint density at radius 2 is 2.05 bits per heavy atom. The predicted octanol–water partition coefficient (Wildman–Crippen LogP) is 2.65. The van der Waals surface area contributed by atoms with E-state index in [0.717, 1.165) is 24.1 Å². The van der Waals surface area contributed by atoms with Crippen LogP contribution in [0.3, 0.4) is 0 Å². The van der Waals surface area contributed by atoms with E-state index in [2.05, 4.69) is 17.4 Å². The number of fused-ring (bicyclic) bond motifs is 2. The summed E-state index contributed by atoms with van der Waals surface area (Å²) in [5.41, 5.74) is 2.25. The van der Waals surface area contributed by atoms with E-state index < -0.39 is 5.97 Å². The Morgan fingerprint density at radius 1 is 1.27 bits per heavy atom. The Labute approximate surface area is 130 Å². The quantitative estimate of drug-likeness (QED) is 0.897. The molecular weight excluding hydrogens is 280 g/mol. The maximum absolute atomic E-state index is 12.4. The number of carbonyl (C=O) groups excluding carboxylic acids is 1. The van der Waals surface area contributed by atoms with Crippen LogP contribution in [0.1, 0.15) is 43.7 Å². The molecule has 5 heteroatoms. The van der Waals surface area contributed by atoms with Gasteiger partial charge < -0.3 is 15.3 Å². The van der Waals surface area contributed by atoms with E-state index in [9.17, 15) is 9.59 Å². The highest BCUT2D eigenvalue weighted by molar-refractivity contribution is 5.81. The second-order valence-corrected chi connectivity index (χ2v) is 6.28. The monoisotopic (exact) mass is 302 g/mol. The molecule has 2 aliphatic rings. The maximum atomic E-state index is 12.4. The smallest absolute Gasteiger partial charge is 0.303 e. The lowest BCUT2D eigenvalue weighted by molar-refractivity contribution is -0.141. The van der Waals surface area contributed by atoms with Gasteiger partial charge in [0.15, 0.2) is 0 Å². The lowest BCUT2D eigenvalue weighted by atomic mass is 9.83. The normalized spacial score (nSPS) is 25.8. The van der Waals surface area contributed by atoms with E-state index in [-0.39, 0.29) is 24.8 Å². The molecule has 0 bridgehead atoms. The third kappa shape index (κ3) is 2.67. The number of carboxylic acids is 1. The van der Waals surface area contributed by atoms with Crippen molar-refractivity contribution >= 4 is 17.6 Å². The first kappa shape index (κ1) is 14.9. The van der Waals surface area contributed by atoms with Crippen LogP contribution in [-0.4, -0.2) is 35.0 Å². The molecule has 1 aliphatic carbocycles. The number of hydrogen-bond acceptors (Lipinski definition) is 3. The fourth-order valence-electron chi connectivity index (χ4n) is 3.90. The van der Waals surface area contributed by atoms with Crippen molar-refractivity contribution in [1.29, 1.82) is 0 Å². The summed E-state index contributed by atoms with van der Waals surface area (Å²) >= 11 is 0. The molecule has 5 nitrogen and oxygen atoms in total. The van der Waals surface area contributed by atoms with Crippen LogP contribution in [0.4, 0.5) is 5.69 Å². The molecule has 3 rings (SSSR count). The number of nitrogens with one attached hydrogen (secondary N) is 1. The molecule has 1 aromatic rings. The van der Waals surface area contributed by atoms with Crippen LogP contribution >= 0.6 is 0 Å². The topological polar surface area (TPSA) is 69.6 Å². The van der Waals surface area contributed by atoms with Gasteiger partial charge in [-0.15, -0.1) is 0 Å². The first-order chi connectivity index (χ1) is 10.6. The maximum Gasteiger partial charge on any atom is 0.303 e. The van der Waals surface area contributed by atoms with Gasteiger partial charge in [0.05, 0.1) is 12.5 Å². The SMILES string of the molecule is CN(C(=O)CCC(=O)O)C1c2ccccc2N[C@@H]2CCC[C@H]12. The molecule has 1 aromatic carbocycles. The number of hydrogen-bond donors (Lipinski definition) is 2. The minimum Gasteiger partial charge on any atom is -0.481 e. The Hall–Kier alpha value is -2.04. The lowest BCUT2D eigenvalue weighted by Crippen LogP contribution is -2.43. The predicted molar refractivity (Wildman–Crippen MR) is 83.6 cm³/mol. The van der Waals surface area contributed by atoms with Crippen LogP contribution in [0.5, 0.6) is 0 Å². The van der Waals surface area contributed by atoms with Gasteiger partial charge in [0, 0.05) is 31.1 Å². The molecule has 1 unspecified atom stereocenters. The summed E-state index contributed by atoms with van der Waals surface area (Å²) in [6, 6.07) is 8.60. The Kier molecular flexibility index (Phi) is 4.05. The molecule has 1 amide bonds. The number of rotatable bonds is 4. The number of anilines is 1. The average Bonchev–Trinajstić information content (AvgIpc) is 2.97.